The Kier molecular flexibility index (Phi) is 4.67. The molecule has 3 rings (SSSR count). The number of carboxylic acid groups (broad SMARTS) is 1. The first-order chi connectivity index (χ1) is 11.9. The number of carbonyl (C=O) groups is 2. The molecule has 6 nitrogen and oxygen atoms in total. The summed E-state index contributed by atoms with van der Waals surface area (Å²) in [5.74, 6) is -1.20. The SMILES string of the molecule is Cc1ccc(-c2nc(NC(=O)c3ccco3)sc2CC(=O)O)cc1C. The van der Waals surface area contributed by atoms with Crippen molar-refractivity contribution >= 4 is 28.3 Å². The van der Waals surface area contributed by atoms with Crippen LogP contribution in [0.1, 0.15) is 26.6 Å². The molecule has 0 bridgehead atoms. The number of aliphatic carboxylic acids is 1. The largest absolute Gasteiger partial charge is 0.481 e. The van der Waals surface area contributed by atoms with Gasteiger partial charge in [-0.25, -0.2) is 4.98 Å². The van der Waals surface area contributed by atoms with Crippen LogP contribution in [0.5, 0.6) is 0 Å². The van der Waals surface area contributed by atoms with E-state index in [1.54, 1.807) is 12.1 Å². The van der Waals surface area contributed by atoms with Gasteiger partial charge in [-0.1, -0.05) is 12.1 Å². The van der Waals surface area contributed by atoms with Crippen molar-refractivity contribution in [3.63, 3.8) is 0 Å². The third kappa shape index (κ3) is 3.77. The van der Waals surface area contributed by atoms with Crippen molar-refractivity contribution in [3.05, 3.63) is 58.4 Å². The number of rotatable bonds is 5. The Morgan fingerprint density at radius 3 is 2.68 bits per heavy atom. The number of aromatic nitrogens is 1. The Morgan fingerprint density at radius 2 is 2.04 bits per heavy atom. The molecular weight excluding hydrogens is 340 g/mol. The van der Waals surface area contributed by atoms with Gasteiger partial charge in [0.2, 0.25) is 0 Å². The molecule has 0 radical (unpaired) electrons. The molecule has 2 heterocycles. The van der Waals surface area contributed by atoms with Gasteiger partial charge in [0, 0.05) is 10.4 Å². The van der Waals surface area contributed by atoms with Gasteiger partial charge in [0.25, 0.3) is 5.91 Å². The zero-order chi connectivity index (χ0) is 18.0. The van der Waals surface area contributed by atoms with Gasteiger partial charge in [-0.15, -0.1) is 11.3 Å². The third-order valence-corrected chi connectivity index (χ3v) is 4.73. The molecular formula is C18H16N2O4S. The third-order valence-electron chi connectivity index (χ3n) is 3.75. The summed E-state index contributed by atoms with van der Waals surface area (Å²) in [5.41, 5.74) is 3.64. The highest BCUT2D eigenvalue weighted by Gasteiger charge is 2.18. The van der Waals surface area contributed by atoms with Gasteiger partial charge >= 0.3 is 5.97 Å². The minimum absolute atomic E-state index is 0.156. The van der Waals surface area contributed by atoms with Gasteiger partial charge in [0.1, 0.15) is 0 Å². The second-order valence-electron chi connectivity index (χ2n) is 5.59. The molecule has 0 fully saturated rings. The lowest BCUT2D eigenvalue weighted by atomic mass is 10.0. The summed E-state index contributed by atoms with van der Waals surface area (Å²) in [6.45, 7) is 4.00. The molecule has 2 N–H and O–H groups in total. The van der Waals surface area contributed by atoms with Crippen LogP contribution in [0.4, 0.5) is 5.13 Å². The molecule has 2 aromatic heterocycles. The van der Waals surface area contributed by atoms with Gasteiger partial charge in [0.05, 0.1) is 18.4 Å². The predicted molar refractivity (Wildman–Crippen MR) is 95.0 cm³/mol. The number of furan rings is 1. The van der Waals surface area contributed by atoms with E-state index in [1.165, 1.54) is 6.26 Å². The molecule has 0 spiro atoms. The molecule has 7 heteroatoms. The Morgan fingerprint density at radius 1 is 1.24 bits per heavy atom. The number of benzene rings is 1. The fraction of sp³-hybridized carbons (Fsp3) is 0.167. The normalized spacial score (nSPS) is 10.6. The second kappa shape index (κ2) is 6.90. The van der Waals surface area contributed by atoms with E-state index in [0.29, 0.717) is 15.7 Å². The zero-order valence-electron chi connectivity index (χ0n) is 13.7. The molecule has 0 aliphatic rings. The smallest absolute Gasteiger partial charge is 0.308 e. The van der Waals surface area contributed by atoms with Gasteiger partial charge in [-0.05, 0) is 43.2 Å². The summed E-state index contributed by atoms with van der Waals surface area (Å²) < 4.78 is 5.05. The van der Waals surface area contributed by atoms with Crippen LogP contribution in [0, 0.1) is 13.8 Å². The molecule has 0 saturated heterocycles. The number of anilines is 1. The number of carboxylic acids is 1. The highest BCUT2D eigenvalue weighted by atomic mass is 32.1. The number of nitrogens with one attached hydrogen (secondary N) is 1. The van der Waals surface area contributed by atoms with Crippen LogP contribution in [0.3, 0.4) is 0 Å². The predicted octanol–water partition coefficient (Wildman–Crippen LogP) is 3.90. The van der Waals surface area contributed by atoms with Crippen LogP contribution in [-0.2, 0) is 11.2 Å². The van der Waals surface area contributed by atoms with Gasteiger partial charge in [-0.2, -0.15) is 0 Å². The molecule has 0 aliphatic heterocycles. The van der Waals surface area contributed by atoms with Crippen molar-refractivity contribution in [1.82, 2.24) is 4.98 Å². The fourth-order valence-electron chi connectivity index (χ4n) is 2.34. The first-order valence-electron chi connectivity index (χ1n) is 7.58. The minimum atomic E-state index is -0.947. The van der Waals surface area contributed by atoms with Crippen LogP contribution >= 0.6 is 11.3 Å². The summed E-state index contributed by atoms with van der Waals surface area (Å²) in [4.78, 5) is 28.3. The Hall–Kier alpha value is -2.93. The highest BCUT2D eigenvalue weighted by molar-refractivity contribution is 7.16. The van der Waals surface area contributed by atoms with Crippen molar-refractivity contribution in [3.8, 4) is 11.3 Å². The van der Waals surface area contributed by atoms with Crippen molar-refractivity contribution in [2.45, 2.75) is 20.3 Å². The van der Waals surface area contributed by atoms with E-state index < -0.39 is 11.9 Å². The van der Waals surface area contributed by atoms with Crippen LogP contribution < -0.4 is 5.32 Å². The first kappa shape index (κ1) is 16.9. The van der Waals surface area contributed by atoms with Crippen molar-refractivity contribution in [1.29, 1.82) is 0 Å². The number of amides is 1. The van der Waals surface area contributed by atoms with E-state index in [9.17, 15) is 9.59 Å². The average molecular weight is 356 g/mol. The van der Waals surface area contributed by atoms with Crippen molar-refractivity contribution in [2.24, 2.45) is 0 Å². The van der Waals surface area contributed by atoms with Gasteiger partial charge in [-0.3, -0.25) is 14.9 Å². The quantitative estimate of drug-likeness (QED) is 0.723. The van der Waals surface area contributed by atoms with E-state index in [2.05, 4.69) is 10.3 Å². The lowest BCUT2D eigenvalue weighted by Crippen LogP contribution is -2.10. The maximum atomic E-state index is 12.1. The van der Waals surface area contributed by atoms with Crippen LogP contribution in [-0.4, -0.2) is 22.0 Å². The monoisotopic (exact) mass is 356 g/mol. The van der Waals surface area contributed by atoms with Crippen molar-refractivity contribution in [2.75, 3.05) is 5.32 Å². The van der Waals surface area contributed by atoms with E-state index in [1.807, 2.05) is 32.0 Å². The lowest BCUT2D eigenvalue weighted by molar-refractivity contribution is -0.136. The minimum Gasteiger partial charge on any atom is -0.481 e. The Labute approximate surface area is 148 Å². The summed E-state index contributed by atoms with van der Waals surface area (Å²) in [5, 5.41) is 12.1. The Bertz CT molecular complexity index is 929. The molecule has 25 heavy (non-hydrogen) atoms. The highest BCUT2D eigenvalue weighted by Crippen LogP contribution is 2.32. The molecule has 1 aromatic carbocycles. The van der Waals surface area contributed by atoms with E-state index in [-0.39, 0.29) is 12.2 Å². The van der Waals surface area contributed by atoms with Crippen LogP contribution in [0.2, 0.25) is 0 Å². The molecule has 0 unspecified atom stereocenters. The maximum Gasteiger partial charge on any atom is 0.308 e. The molecule has 0 aliphatic carbocycles. The summed E-state index contributed by atoms with van der Waals surface area (Å²) in [6.07, 6.45) is 1.25. The van der Waals surface area contributed by atoms with E-state index in [4.69, 9.17) is 9.52 Å². The molecule has 3 aromatic rings. The lowest BCUT2D eigenvalue weighted by Gasteiger charge is -2.04. The number of hydrogen-bond donors (Lipinski definition) is 2. The topological polar surface area (TPSA) is 92.4 Å². The van der Waals surface area contributed by atoms with Crippen molar-refractivity contribution < 1.29 is 19.1 Å². The zero-order valence-corrected chi connectivity index (χ0v) is 14.5. The van der Waals surface area contributed by atoms with Gasteiger partial charge in [0.15, 0.2) is 10.9 Å². The van der Waals surface area contributed by atoms with Gasteiger partial charge < -0.3 is 9.52 Å². The molecule has 128 valence electrons. The molecule has 0 saturated carbocycles. The number of nitrogens with zero attached hydrogens (tertiary/aromatic N) is 1. The summed E-state index contributed by atoms with van der Waals surface area (Å²) in [7, 11) is 0. The second-order valence-corrected chi connectivity index (χ2v) is 6.68. The Balaban J connectivity index is 1.96. The summed E-state index contributed by atoms with van der Waals surface area (Å²) >= 11 is 1.15. The maximum absolute atomic E-state index is 12.1. The average Bonchev–Trinajstić information content (AvgIpc) is 3.19. The van der Waals surface area contributed by atoms with Crippen LogP contribution in [0.15, 0.2) is 41.0 Å². The van der Waals surface area contributed by atoms with E-state index >= 15 is 0 Å². The molecule has 1 amide bonds. The number of thiazole rings is 1. The first-order valence-corrected chi connectivity index (χ1v) is 8.39. The van der Waals surface area contributed by atoms with Crippen LogP contribution in [0.25, 0.3) is 11.3 Å². The number of hydrogen-bond acceptors (Lipinski definition) is 5. The number of aryl methyl sites for hydroxylation is 2. The number of carbonyl (C=O) groups excluding carboxylic acids is 1. The standard InChI is InChI=1S/C18H16N2O4S/c1-10-5-6-12(8-11(10)2)16-14(9-15(21)22)25-18(19-16)20-17(23)13-4-3-7-24-13/h3-8H,9H2,1-2H3,(H,21,22)(H,19,20,23). The molecule has 0 atom stereocenters. The van der Waals surface area contributed by atoms with E-state index in [0.717, 1.165) is 28.0 Å². The fourth-order valence-corrected chi connectivity index (χ4v) is 3.31. The summed E-state index contributed by atoms with van der Waals surface area (Å²) in [6, 6.07) is 9.00.